The molecule has 0 bridgehead atoms. The van der Waals surface area contributed by atoms with Crippen molar-refractivity contribution in [2.45, 2.75) is 12.6 Å². The number of benzene rings is 2. The molecule has 0 aliphatic carbocycles. The fourth-order valence-corrected chi connectivity index (χ4v) is 2.83. The molecular weight excluding hydrogens is 399 g/mol. The highest BCUT2D eigenvalue weighted by Gasteiger charge is 2.33. The first kappa shape index (κ1) is 17.5. The molecule has 4 nitrogen and oxygen atoms in total. The summed E-state index contributed by atoms with van der Waals surface area (Å²) < 4.78 is 39.0. The van der Waals surface area contributed by atoms with E-state index in [0.29, 0.717) is 30.1 Å². The Morgan fingerprint density at radius 3 is 2.68 bits per heavy atom. The predicted molar refractivity (Wildman–Crippen MR) is 94.2 cm³/mol. The molecule has 0 amide bonds. The molecule has 3 rings (SSSR count). The summed E-state index contributed by atoms with van der Waals surface area (Å²) in [5.41, 5.74) is 0.154. The largest absolute Gasteiger partial charge is 0.507 e. The van der Waals surface area contributed by atoms with Crippen molar-refractivity contribution in [1.82, 2.24) is 0 Å². The maximum Gasteiger partial charge on any atom is 0.417 e. The number of aliphatic imine (C=N–C) groups is 1. The number of hydrogen-bond donors (Lipinski definition) is 1. The Bertz CT molecular complexity index is 849. The summed E-state index contributed by atoms with van der Waals surface area (Å²) in [6, 6.07) is 10.7. The molecule has 130 valence electrons. The highest BCUT2D eigenvalue weighted by molar-refractivity contribution is 9.10. The van der Waals surface area contributed by atoms with Crippen LogP contribution < -0.4 is 5.01 Å². The second-order valence-corrected chi connectivity index (χ2v) is 6.22. The minimum atomic E-state index is -4.44. The number of aromatic hydroxyl groups is 1. The average Bonchev–Trinajstić information content (AvgIpc) is 3.02. The molecule has 1 aliphatic rings. The van der Waals surface area contributed by atoms with E-state index in [1.54, 1.807) is 30.3 Å². The molecule has 1 heterocycles. The molecule has 2 aromatic rings. The van der Waals surface area contributed by atoms with Gasteiger partial charge in [0.05, 0.1) is 11.3 Å². The first-order chi connectivity index (χ1) is 11.8. The van der Waals surface area contributed by atoms with Crippen LogP contribution in [-0.4, -0.2) is 23.7 Å². The zero-order chi connectivity index (χ0) is 18.0. The lowest BCUT2D eigenvalue weighted by molar-refractivity contribution is -0.138. The van der Waals surface area contributed by atoms with Gasteiger partial charge in [0.15, 0.2) is 5.84 Å². The number of hydrazone groups is 1. The number of halogens is 4. The number of rotatable bonds is 2. The molecule has 0 unspecified atom stereocenters. The summed E-state index contributed by atoms with van der Waals surface area (Å²) in [7, 11) is 0. The van der Waals surface area contributed by atoms with Crippen LogP contribution in [0.15, 0.2) is 57.0 Å². The van der Waals surface area contributed by atoms with Crippen molar-refractivity contribution in [1.29, 1.82) is 0 Å². The third kappa shape index (κ3) is 4.01. The van der Waals surface area contributed by atoms with Crippen molar-refractivity contribution in [2.75, 3.05) is 11.6 Å². The summed E-state index contributed by atoms with van der Waals surface area (Å²) in [5.74, 6) is 0.587. The first-order valence-corrected chi connectivity index (χ1v) is 8.18. The lowest BCUT2D eigenvalue weighted by Gasteiger charge is -2.16. The summed E-state index contributed by atoms with van der Waals surface area (Å²) in [6.45, 7) is 0.437. The van der Waals surface area contributed by atoms with Crippen molar-refractivity contribution in [3.63, 3.8) is 0 Å². The average molecular weight is 412 g/mol. The van der Waals surface area contributed by atoms with Crippen LogP contribution in [0.25, 0.3) is 0 Å². The molecule has 1 N–H and O–H groups in total. The minimum absolute atomic E-state index is 0.00952. The predicted octanol–water partition coefficient (Wildman–Crippen LogP) is 4.82. The van der Waals surface area contributed by atoms with Crippen LogP contribution in [0.5, 0.6) is 5.75 Å². The van der Waals surface area contributed by atoms with Gasteiger partial charge >= 0.3 is 6.18 Å². The molecule has 0 saturated heterocycles. The fraction of sp³-hybridized carbons (Fsp3) is 0.176. The van der Waals surface area contributed by atoms with Gasteiger partial charge in [-0.1, -0.05) is 28.1 Å². The zero-order valence-electron chi connectivity index (χ0n) is 12.8. The summed E-state index contributed by atoms with van der Waals surface area (Å²) in [4.78, 5) is 4.21. The Morgan fingerprint density at radius 1 is 1.20 bits per heavy atom. The van der Waals surface area contributed by atoms with Crippen molar-refractivity contribution >= 4 is 33.7 Å². The number of alkyl halides is 3. The lowest BCUT2D eigenvalue weighted by Crippen LogP contribution is -2.14. The third-order valence-corrected chi connectivity index (χ3v) is 4.32. The normalized spacial score (nSPS) is 15.0. The first-order valence-electron chi connectivity index (χ1n) is 7.38. The molecule has 0 fully saturated rings. The van der Waals surface area contributed by atoms with Crippen molar-refractivity contribution in [3.8, 4) is 5.75 Å². The smallest absolute Gasteiger partial charge is 0.417 e. The number of phenolic OH excluding ortho intramolecular Hbond substituents is 1. The second-order valence-electron chi connectivity index (χ2n) is 5.37. The van der Waals surface area contributed by atoms with Crippen molar-refractivity contribution in [2.24, 2.45) is 10.1 Å². The van der Waals surface area contributed by atoms with Gasteiger partial charge in [-0.25, -0.2) is 4.99 Å². The number of anilines is 1. The molecular formula is C17H13BrF3N3O. The number of hydrogen-bond acceptors (Lipinski definition) is 4. The Hall–Kier alpha value is -2.35. The number of para-hydroxylation sites is 1. The van der Waals surface area contributed by atoms with Crippen molar-refractivity contribution < 1.29 is 18.3 Å². The van der Waals surface area contributed by atoms with E-state index in [-0.39, 0.29) is 10.2 Å². The van der Waals surface area contributed by atoms with Gasteiger partial charge in [-0.3, -0.25) is 5.01 Å². The number of amidine groups is 1. The number of phenols is 1. The van der Waals surface area contributed by atoms with Gasteiger partial charge in [0.1, 0.15) is 5.75 Å². The molecule has 1 aliphatic heterocycles. The van der Waals surface area contributed by atoms with Crippen molar-refractivity contribution in [3.05, 3.63) is 58.1 Å². The van der Waals surface area contributed by atoms with E-state index in [0.717, 1.165) is 6.07 Å². The third-order valence-electron chi connectivity index (χ3n) is 3.63. The van der Waals surface area contributed by atoms with Gasteiger partial charge in [-0.05, 0) is 30.3 Å². The van der Waals surface area contributed by atoms with Crippen LogP contribution >= 0.6 is 15.9 Å². The summed E-state index contributed by atoms with van der Waals surface area (Å²) in [5, 5.41) is 15.4. The van der Waals surface area contributed by atoms with E-state index in [4.69, 9.17) is 0 Å². The Labute approximate surface area is 150 Å². The van der Waals surface area contributed by atoms with Gasteiger partial charge in [0.2, 0.25) is 0 Å². The van der Waals surface area contributed by atoms with Gasteiger partial charge in [0, 0.05) is 29.2 Å². The maximum absolute atomic E-state index is 13.0. The molecule has 0 atom stereocenters. The topological polar surface area (TPSA) is 48.2 Å². The molecule has 0 radical (unpaired) electrons. The quantitative estimate of drug-likeness (QED) is 0.720. The zero-order valence-corrected chi connectivity index (χ0v) is 14.4. The molecule has 8 heteroatoms. The van der Waals surface area contributed by atoms with Crippen LogP contribution in [0.2, 0.25) is 0 Å². The SMILES string of the molecule is Oc1ccccc1C=NC1=NN(c2ccc(Br)c(C(F)(F)F)c2)CC1. The molecule has 0 aromatic heterocycles. The van der Waals surface area contributed by atoms with E-state index in [1.807, 2.05) is 0 Å². The molecule has 25 heavy (non-hydrogen) atoms. The lowest BCUT2D eigenvalue weighted by atomic mass is 10.2. The fourth-order valence-electron chi connectivity index (χ4n) is 2.35. The minimum Gasteiger partial charge on any atom is -0.507 e. The number of nitrogens with zero attached hydrogens (tertiary/aromatic N) is 3. The standard InChI is InChI=1S/C17H13BrF3N3O/c18-14-6-5-12(9-13(14)17(19,20)21)24-8-7-16(23-24)22-10-11-3-1-2-4-15(11)25/h1-6,9-10,25H,7-8H2. The molecule has 0 saturated carbocycles. The Kier molecular flexibility index (Phi) is 4.80. The molecule has 0 spiro atoms. The van der Waals surface area contributed by atoms with Gasteiger partial charge in [0.25, 0.3) is 0 Å². The van der Waals surface area contributed by atoms with Crippen LogP contribution in [-0.2, 0) is 6.18 Å². The van der Waals surface area contributed by atoms with E-state index in [2.05, 4.69) is 26.0 Å². The van der Waals surface area contributed by atoms with Crippen LogP contribution in [0.3, 0.4) is 0 Å². The van der Waals surface area contributed by atoms with Gasteiger partial charge < -0.3 is 5.11 Å². The molecule has 2 aromatic carbocycles. The highest BCUT2D eigenvalue weighted by Crippen LogP contribution is 2.37. The van der Waals surface area contributed by atoms with E-state index in [9.17, 15) is 18.3 Å². The van der Waals surface area contributed by atoms with Crippen LogP contribution in [0.1, 0.15) is 17.5 Å². The van der Waals surface area contributed by atoms with E-state index >= 15 is 0 Å². The van der Waals surface area contributed by atoms with E-state index < -0.39 is 11.7 Å². The highest BCUT2D eigenvalue weighted by atomic mass is 79.9. The Balaban J connectivity index is 1.81. The van der Waals surface area contributed by atoms with Crippen LogP contribution in [0.4, 0.5) is 18.9 Å². The maximum atomic E-state index is 13.0. The monoisotopic (exact) mass is 411 g/mol. The second kappa shape index (κ2) is 6.87. The summed E-state index contributed by atoms with van der Waals surface area (Å²) >= 11 is 2.92. The summed E-state index contributed by atoms with van der Waals surface area (Å²) in [6.07, 6.45) is -2.45. The van der Waals surface area contributed by atoms with Crippen LogP contribution in [0, 0.1) is 0 Å². The van der Waals surface area contributed by atoms with E-state index in [1.165, 1.54) is 17.3 Å². The Morgan fingerprint density at radius 2 is 1.96 bits per heavy atom. The van der Waals surface area contributed by atoms with Gasteiger partial charge in [-0.15, -0.1) is 0 Å². The van der Waals surface area contributed by atoms with Gasteiger partial charge in [-0.2, -0.15) is 18.3 Å².